The SMILES string of the molecule is CC1(C)OC2C3OC(C)(C)O[C@@H]3C(CNCC(=O)O)O[C@@H]2O1. The summed E-state index contributed by atoms with van der Waals surface area (Å²) in [6, 6.07) is 0. The molecule has 8 nitrogen and oxygen atoms in total. The van der Waals surface area contributed by atoms with Crippen LogP contribution in [-0.4, -0.2) is 66.4 Å². The van der Waals surface area contributed by atoms with Gasteiger partial charge in [-0.15, -0.1) is 0 Å². The highest BCUT2D eigenvalue weighted by molar-refractivity contribution is 5.68. The first kappa shape index (κ1) is 16.1. The zero-order chi connectivity index (χ0) is 16.1. The van der Waals surface area contributed by atoms with E-state index in [1.54, 1.807) is 0 Å². The molecule has 0 bridgehead atoms. The second-order valence-corrected chi connectivity index (χ2v) is 6.73. The van der Waals surface area contributed by atoms with Crippen molar-refractivity contribution in [1.29, 1.82) is 0 Å². The highest BCUT2D eigenvalue weighted by Gasteiger charge is 2.60. The van der Waals surface area contributed by atoms with Gasteiger partial charge in [0, 0.05) is 6.54 Å². The zero-order valence-electron chi connectivity index (χ0n) is 13.2. The number of carboxylic acid groups (broad SMARTS) is 1. The van der Waals surface area contributed by atoms with Crippen LogP contribution in [0.3, 0.4) is 0 Å². The normalized spacial score (nSPS) is 41.9. The van der Waals surface area contributed by atoms with Gasteiger partial charge >= 0.3 is 5.97 Å². The summed E-state index contributed by atoms with van der Waals surface area (Å²) < 4.78 is 29.5. The van der Waals surface area contributed by atoms with Crippen molar-refractivity contribution in [2.45, 2.75) is 70.0 Å². The summed E-state index contributed by atoms with van der Waals surface area (Å²) in [4.78, 5) is 10.6. The maximum Gasteiger partial charge on any atom is 0.317 e. The maximum atomic E-state index is 10.6. The van der Waals surface area contributed by atoms with Gasteiger partial charge in [-0.3, -0.25) is 4.79 Å². The topological polar surface area (TPSA) is 95.5 Å². The van der Waals surface area contributed by atoms with Crippen LogP contribution >= 0.6 is 0 Å². The van der Waals surface area contributed by atoms with Crippen molar-refractivity contribution in [2.75, 3.05) is 13.1 Å². The van der Waals surface area contributed by atoms with E-state index >= 15 is 0 Å². The summed E-state index contributed by atoms with van der Waals surface area (Å²) >= 11 is 0. The quantitative estimate of drug-likeness (QED) is 0.751. The molecule has 3 unspecified atom stereocenters. The second-order valence-electron chi connectivity index (χ2n) is 6.73. The van der Waals surface area contributed by atoms with Crippen molar-refractivity contribution in [1.82, 2.24) is 5.32 Å². The highest BCUT2D eigenvalue weighted by atomic mass is 16.9. The molecule has 22 heavy (non-hydrogen) atoms. The average Bonchev–Trinajstić information content (AvgIpc) is 2.83. The van der Waals surface area contributed by atoms with Crippen LogP contribution in [0.1, 0.15) is 27.7 Å². The fourth-order valence-electron chi connectivity index (χ4n) is 3.18. The molecule has 3 saturated heterocycles. The first-order chi connectivity index (χ1) is 10.2. The van der Waals surface area contributed by atoms with Crippen molar-refractivity contribution >= 4 is 5.97 Å². The molecule has 0 aromatic carbocycles. The van der Waals surface area contributed by atoms with Crippen LogP contribution < -0.4 is 5.32 Å². The monoisotopic (exact) mass is 317 g/mol. The number of hydrogen-bond acceptors (Lipinski definition) is 7. The van der Waals surface area contributed by atoms with Crippen LogP contribution in [0, 0.1) is 0 Å². The summed E-state index contributed by atoms with van der Waals surface area (Å²) in [5.41, 5.74) is 0. The van der Waals surface area contributed by atoms with Crippen LogP contribution in [0.4, 0.5) is 0 Å². The molecule has 0 radical (unpaired) electrons. The molecule has 2 N–H and O–H groups in total. The molecule has 0 saturated carbocycles. The lowest BCUT2D eigenvalue weighted by Gasteiger charge is -2.37. The molecule has 3 aliphatic rings. The Morgan fingerprint density at radius 1 is 1.00 bits per heavy atom. The minimum Gasteiger partial charge on any atom is -0.480 e. The molecule has 0 amide bonds. The summed E-state index contributed by atoms with van der Waals surface area (Å²) in [6.07, 6.45) is -1.94. The molecule has 8 heteroatoms. The van der Waals surface area contributed by atoms with E-state index in [-0.39, 0.29) is 31.0 Å². The predicted molar refractivity (Wildman–Crippen MR) is 73.0 cm³/mol. The molecular weight excluding hydrogens is 294 g/mol. The van der Waals surface area contributed by atoms with Gasteiger partial charge < -0.3 is 34.1 Å². The summed E-state index contributed by atoms with van der Waals surface area (Å²) in [7, 11) is 0. The number of aliphatic carboxylic acids is 1. The van der Waals surface area contributed by atoms with E-state index in [0.29, 0.717) is 6.54 Å². The van der Waals surface area contributed by atoms with Crippen LogP contribution in [0.2, 0.25) is 0 Å². The largest absolute Gasteiger partial charge is 0.480 e. The number of ether oxygens (including phenoxy) is 5. The van der Waals surface area contributed by atoms with Crippen LogP contribution in [0.25, 0.3) is 0 Å². The molecule has 0 aromatic heterocycles. The average molecular weight is 317 g/mol. The number of carbonyl (C=O) groups is 1. The smallest absolute Gasteiger partial charge is 0.317 e. The van der Waals surface area contributed by atoms with Gasteiger partial charge in [0.1, 0.15) is 24.4 Å². The van der Waals surface area contributed by atoms with Crippen molar-refractivity contribution in [3.63, 3.8) is 0 Å². The first-order valence-electron chi connectivity index (χ1n) is 7.46. The van der Waals surface area contributed by atoms with Gasteiger partial charge in [0.25, 0.3) is 0 Å². The summed E-state index contributed by atoms with van der Waals surface area (Å²) in [5.74, 6) is -2.41. The Morgan fingerprint density at radius 2 is 1.59 bits per heavy atom. The van der Waals surface area contributed by atoms with Crippen molar-refractivity contribution in [3.05, 3.63) is 0 Å². The minimum atomic E-state index is -0.921. The molecule has 5 atom stereocenters. The van der Waals surface area contributed by atoms with Gasteiger partial charge in [-0.25, -0.2) is 0 Å². The molecule has 3 fully saturated rings. The summed E-state index contributed by atoms with van der Waals surface area (Å²) in [6.45, 7) is 7.51. The molecule has 0 aromatic rings. The van der Waals surface area contributed by atoms with Gasteiger partial charge in [-0.1, -0.05) is 0 Å². The van der Waals surface area contributed by atoms with Gasteiger partial charge in [0.05, 0.1) is 6.54 Å². The molecule has 0 spiro atoms. The molecule has 3 heterocycles. The van der Waals surface area contributed by atoms with Crippen LogP contribution in [-0.2, 0) is 28.5 Å². The van der Waals surface area contributed by atoms with Gasteiger partial charge in [-0.05, 0) is 27.7 Å². The first-order valence-corrected chi connectivity index (χ1v) is 7.46. The molecule has 0 aliphatic carbocycles. The minimum absolute atomic E-state index is 0.140. The Morgan fingerprint density at radius 3 is 2.27 bits per heavy atom. The lowest BCUT2D eigenvalue weighted by Crippen LogP contribution is -2.57. The van der Waals surface area contributed by atoms with E-state index < -0.39 is 23.8 Å². The standard InChI is InChI=1S/C14H23NO7/c1-13(2)19-9-7(5-15-6-8(16)17)18-12-11(10(9)20-13)21-14(3,4)22-12/h7,9-12,15H,5-6H2,1-4H3,(H,16,17)/t7?,9-,10?,11?,12-/m1/s1. The third-order valence-electron chi connectivity index (χ3n) is 3.87. The maximum absolute atomic E-state index is 10.6. The molecule has 3 aliphatic heterocycles. The lowest BCUT2D eigenvalue weighted by atomic mass is 9.99. The van der Waals surface area contributed by atoms with Gasteiger partial charge in [0.15, 0.2) is 17.9 Å². The molecular formula is C14H23NO7. The Bertz CT molecular complexity index is 452. The number of rotatable bonds is 4. The van der Waals surface area contributed by atoms with E-state index in [1.165, 1.54) is 0 Å². The van der Waals surface area contributed by atoms with E-state index in [9.17, 15) is 4.79 Å². The number of fused-ring (bicyclic) bond motifs is 3. The van der Waals surface area contributed by atoms with Crippen molar-refractivity contribution in [2.24, 2.45) is 0 Å². The number of nitrogens with one attached hydrogen (secondary N) is 1. The summed E-state index contributed by atoms with van der Waals surface area (Å²) in [5, 5.41) is 11.6. The van der Waals surface area contributed by atoms with Gasteiger partial charge in [-0.2, -0.15) is 0 Å². The molecule has 3 rings (SSSR count). The van der Waals surface area contributed by atoms with E-state index in [0.717, 1.165) is 0 Å². The fraction of sp³-hybridized carbons (Fsp3) is 0.929. The van der Waals surface area contributed by atoms with E-state index in [1.807, 2.05) is 27.7 Å². The Balaban J connectivity index is 1.73. The number of carboxylic acids is 1. The highest BCUT2D eigenvalue weighted by Crippen LogP contribution is 2.43. The predicted octanol–water partition coefficient (Wildman–Crippen LogP) is 0.0571. The van der Waals surface area contributed by atoms with Crippen LogP contribution in [0.15, 0.2) is 0 Å². The van der Waals surface area contributed by atoms with Gasteiger partial charge in [0.2, 0.25) is 0 Å². The number of hydrogen-bond donors (Lipinski definition) is 2. The Hall–Kier alpha value is -0.770. The second kappa shape index (κ2) is 5.40. The zero-order valence-corrected chi connectivity index (χ0v) is 13.2. The van der Waals surface area contributed by atoms with Crippen molar-refractivity contribution in [3.8, 4) is 0 Å². The van der Waals surface area contributed by atoms with Crippen molar-refractivity contribution < 1.29 is 33.6 Å². The third kappa shape index (κ3) is 3.12. The van der Waals surface area contributed by atoms with Crippen LogP contribution in [0.5, 0.6) is 0 Å². The third-order valence-corrected chi connectivity index (χ3v) is 3.87. The fourth-order valence-corrected chi connectivity index (χ4v) is 3.18. The Kier molecular flexibility index (Phi) is 3.95. The Labute approximate surface area is 129 Å². The van der Waals surface area contributed by atoms with E-state index in [4.69, 9.17) is 28.8 Å². The molecule has 126 valence electrons. The van der Waals surface area contributed by atoms with E-state index in [2.05, 4.69) is 5.32 Å². The lowest BCUT2D eigenvalue weighted by molar-refractivity contribution is -0.232.